The molecule has 10 heavy (non-hydrogen) atoms. The maximum absolute atomic E-state index is 3.83. The number of hydrogen-bond acceptors (Lipinski definition) is 1. The van der Waals surface area contributed by atoms with Crippen molar-refractivity contribution in [2.75, 3.05) is 13.1 Å². The monoisotopic (exact) mass is 139 g/mol. The first kappa shape index (κ1) is 9.44. The Morgan fingerprint density at radius 3 is 2.40 bits per heavy atom. The second-order valence-electron chi connectivity index (χ2n) is 2.14. The fourth-order valence-electron chi connectivity index (χ4n) is 0.799. The van der Waals surface area contributed by atoms with Crippen LogP contribution < -0.4 is 5.32 Å². The van der Waals surface area contributed by atoms with Crippen LogP contribution in [0.2, 0.25) is 0 Å². The Balaban J connectivity index is 0.000000371. The first-order valence-electron chi connectivity index (χ1n) is 3.86. The van der Waals surface area contributed by atoms with Gasteiger partial charge in [0.25, 0.3) is 0 Å². The summed E-state index contributed by atoms with van der Waals surface area (Å²) in [4.78, 5) is 0. The van der Waals surface area contributed by atoms with Crippen molar-refractivity contribution >= 4 is 0 Å². The molecule has 1 nitrogen and oxygen atoms in total. The van der Waals surface area contributed by atoms with E-state index in [2.05, 4.69) is 18.0 Å². The second kappa shape index (κ2) is 5.24. The highest BCUT2D eigenvalue weighted by Crippen LogP contribution is 2.07. The molecule has 58 valence electrons. The molecule has 1 aliphatic heterocycles. The van der Waals surface area contributed by atoms with Crippen molar-refractivity contribution in [2.24, 2.45) is 0 Å². The number of rotatable bonds is 1. The summed E-state index contributed by atoms with van der Waals surface area (Å²) in [5, 5.41) is 3.20. The molecular formula is C9H17N. The van der Waals surface area contributed by atoms with Gasteiger partial charge in [0.2, 0.25) is 0 Å². The van der Waals surface area contributed by atoms with Gasteiger partial charge in [0, 0.05) is 13.1 Å². The topological polar surface area (TPSA) is 12.0 Å². The van der Waals surface area contributed by atoms with E-state index in [1.54, 1.807) is 0 Å². The van der Waals surface area contributed by atoms with Crippen LogP contribution in [0.5, 0.6) is 0 Å². The van der Waals surface area contributed by atoms with Crippen molar-refractivity contribution in [1.29, 1.82) is 0 Å². The lowest BCUT2D eigenvalue weighted by Gasteiger charge is -1.95. The molecule has 1 aliphatic rings. The van der Waals surface area contributed by atoms with E-state index in [0.717, 1.165) is 13.1 Å². The van der Waals surface area contributed by atoms with Gasteiger partial charge in [0.1, 0.15) is 0 Å². The minimum absolute atomic E-state index is 1.01. The molecule has 0 aromatic heterocycles. The van der Waals surface area contributed by atoms with Gasteiger partial charge in [-0.3, -0.25) is 0 Å². The van der Waals surface area contributed by atoms with Crippen LogP contribution in [-0.2, 0) is 0 Å². The minimum Gasteiger partial charge on any atom is -0.309 e. The van der Waals surface area contributed by atoms with E-state index >= 15 is 0 Å². The Kier molecular flexibility index (Phi) is 4.95. The third kappa shape index (κ3) is 2.83. The molecule has 1 heterocycles. The van der Waals surface area contributed by atoms with E-state index in [4.69, 9.17) is 0 Å². The van der Waals surface area contributed by atoms with Crippen LogP contribution in [0.15, 0.2) is 23.8 Å². The van der Waals surface area contributed by atoms with Gasteiger partial charge in [-0.05, 0) is 12.5 Å². The van der Waals surface area contributed by atoms with Crippen LogP contribution in [0.25, 0.3) is 0 Å². The lowest BCUT2D eigenvalue weighted by molar-refractivity contribution is 0.878. The van der Waals surface area contributed by atoms with Crippen molar-refractivity contribution in [1.82, 2.24) is 5.32 Å². The summed E-state index contributed by atoms with van der Waals surface area (Å²) in [5.74, 6) is 0. The molecule has 0 saturated heterocycles. The van der Waals surface area contributed by atoms with Crippen molar-refractivity contribution in [3.8, 4) is 0 Å². The molecule has 0 bridgehead atoms. The number of hydrogen-bond donors (Lipinski definition) is 1. The maximum atomic E-state index is 3.83. The summed E-state index contributed by atoms with van der Waals surface area (Å²) in [6, 6.07) is 0. The first-order chi connectivity index (χ1) is 4.80. The Morgan fingerprint density at radius 1 is 1.60 bits per heavy atom. The molecule has 0 unspecified atom stereocenters. The van der Waals surface area contributed by atoms with Crippen LogP contribution in [0, 0.1) is 0 Å². The third-order valence-corrected chi connectivity index (χ3v) is 1.36. The lowest BCUT2D eigenvalue weighted by Crippen LogP contribution is -2.07. The molecule has 0 spiro atoms. The summed E-state index contributed by atoms with van der Waals surface area (Å²) in [6.45, 7) is 11.9. The van der Waals surface area contributed by atoms with Gasteiger partial charge in [0.15, 0.2) is 0 Å². The zero-order valence-corrected chi connectivity index (χ0v) is 7.20. The molecule has 0 aromatic carbocycles. The maximum Gasteiger partial charge on any atom is 0.0208 e. The molecule has 1 heteroatoms. The van der Waals surface area contributed by atoms with Crippen molar-refractivity contribution in [2.45, 2.75) is 20.8 Å². The predicted octanol–water partition coefficient (Wildman–Crippen LogP) is 2.12. The Morgan fingerprint density at radius 2 is 2.20 bits per heavy atom. The highest BCUT2D eigenvalue weighted by Gasteiger charge is 2.01. The predicted molar refractivity (Wildman–Crippen MR) is 47.1 cm³/mol. The Labute approximate surface area is 63.8 Å². The van der Waals surface area contributed by atoms with Crippen molar-refractivity contribution in [3.63, 3.8) is 0 Å². The highest BCUT2D eigenvalue weighted by atomic mass is 14.9. The summed E-state index contributed by atoms with van der Waals surface area (Å²) in [5.41, 5.74) is 2.56. The van der Waals surface area contributed by atoms with Crippen molar-refractivity contribution < 1.29 is 0 Å². The van der Waals surface area contributed by atoms with E-state index < -0.39 is 0 Å². The molecule has 0 aliphatic carbocycles. The average molecular weight is 139 g/mol. The molecule has 1 N–H and O–H groups in total. The van der Waals surface area contributed by atoms with E-state index in [0.29, 0.717) is 0 Å². The molecule has 0 atom stereocenters. The second-order valence-corrected chi connectivity index (χ2v) is 2.14. The average Bonchev–Trinajstić information content (AvgIpc) is 2.42. The molecular weight excluding hydrogens is 122 g/mol. The molecule has 1 rings (SSSR count). The van der Waals surface area contributed by atoms with Gasteiger partial charge in [-0.1, -0.05) is 32.1 Å². The summed E-state index contributed by atoms with van der Waals surface area (Å²) in [7, 11) is 0. The molecule has 0 aromatic rings. The van der Waals surface area contributed by atoms with Gasteiger partial charge in [-0.2, -0.15) is 0 Å². The zero-order valence-electron chi connectivity index (χ0n) is 7.20. The van der Waals surface area contributed by atoms with Crippen LogP contribution in [-0.4, -0.2) is 13.1 Å². The van der Waals surface area contributed by atoms with Gasteiger partial charge in [0.05, 0.1) is 0 Å². The highest BCUT2D eigenvalue weighted by molar-refractivity contribution is 5.30. The molecule has 0 amide bonds. The smallest absolute Gasteiger partial charge is 0.0208 e. The molecule has 0 radical (unpaired) electrons. The van der Waals surface area contributed by atoms with E-state index in [9.17, 15) is 0 Å². The van der Waals surface area contributed by atoms with Gasteiger partial charge < -0.3 is 5.32 Å². The molecule has 0 saturated carbocycles. The summed E-state index contributed by atoms with van der Waals surface area (Å²) in [6.07, 6.45) is 2.18. The summed E-state index contributed by atoms with van der Waals surface area (Å²) < 4.78 is 0. The van der Waals surface area contributed by atoms with Crippen LogP contribution >= 0.6 is 0 Å². The Hall–Kier alpha value is -0.560. The van der Waals surface area contributed by atoms with Gasteiger partial charge >= 0.3 is 0 Å². The first-order valence-corrected chi connectivity index (χ1v) is 3.86. The van der Waals surface area contributed by atoms with E-state index in [-0.39, 0.29) is 0 Å². The fraction of sp³-hybridized carbons (Fsp3) is 0.556. The fourth-order valence-corrected chi connectivity index (χ4v) is 0.799. The summed E-state index contributed by atoms with van der Waals surface area (Å²) >= 11 is 0. The largest absolute Gasteiger partial charge is 0.309 e. The minimum atomic E-state index is 1.01. The van der Waals surface area contributed by atoms with Crippen LogP contribution in [0.1, 0.15) is 20.8 Å². The van der Waals surface area contributed by atoms with E-state index in [1.807, 2.05) is 20.8 Å². The van der Waals surface area contributed by atoms with Crippen LogP contribution in [0.3, 0.4) is 0 Å². The lowest BCUT2D eigenvalue weighted by atomic mass is 10.1. The normalized spacial score (nSPS) is 15.3. The van der Waals surface area contributed by atoms with Crippen molar-refractivity contribution in [3.05, 3.63) is 23.8 Å². The quantitative estimate of drug-likeness (QED) is 0.586. The third-order valence-electron chi connectivity index (χ3n) is 1.36. The van der Waals surface area contributed by atoms with E-state index in [1.165, 1.54) is 11.1 Å². The zero-order chi connectivity index (χ0) is 7.98. The standard InChI is InChI=1S/C7H11N.C2H6/c1-6(2)7-3-4-8-5-7;1-2/h3,8H,1,4-5H2,2H3;1-2H3. The SMILES string of the molecule is C=C(C)C1=CCNC1.CC. The number of nitrogens with one attached hydrogen (secondary N) is 1. The van der Waals surface area contributed by atoms with Gasteiger partial charge in [-0.25, -0.2) is 0 Å². The molecule has 0 fully saturated rings. The van der Waals surface area contributed by atoms with Crippen LogP contribution in [0.4, 0.5) is 0 Å². The Bertz CT molecular complexity index is 134. The van der Waals surface area contributed by atoms with Gasteiger partial charge in [-0.15, -0.1) is 0 Å².